The predicted molar refractivity (Wildman–Crippen MR) is 105 cm³/mol. The normalized spacial score (nSPS) is 10.6. The van der Waals surface area contributed by atoms with E-state index in [-0.39, 0.29) is 12.5 Å². The highest BCUT2D eigenvalue weighted by Gasteiger charge is 2.17. The van der Waals surface area contributed by atoms with Gasteiger partial charge in [0.25, 0.3) is 5.91 Å². The Kier molecular flexibility index (Phi) is 7.33. The summed E-state index contributed by atoms with van der Waals surface area (Å²) in [5.41, 5.74) is 3.62. The monoisotopic (exact) mass is 374 g/mol. The first kappa shape index (κ1) is 20.1. The number of carbonyl (C=O) groups is 2. The zero-order valence-corrected chi connectivity index (χ0v) is 16.6. The van der Waals surface area contributed by atoms with Crippen molar-refractivity contribution in [2.45, 2.75) is 39.1 Å². The van der Waals surface area contributed by atoms with Crippen molar-refractivity contribution in [1.82, 2.24) is 9.88 Å². The highest BCUT2D eigenvalue weighted by Crippen LogP contribution is 2.17. The van der Waals surface area contributed by atoms with Gasteiger partial charge in [0.2, 0.25) is 0 Å². The second kappa shape index (κ2) is 9.48. The number of ether oxygens (including phenoxy) is 1. The maximum absolute atomic E-state index is 12.2. The van der Waals surface area contributed by atoms with Crippen LogP contribution in [0.2, 0.25) is 0 Å². The molecule has 1 aromatic carbocycles. The highest BCUT2D eigenvalue weighted by molar-refractivity contribution is 7.99. The zero-order valence-electron chi connectivity index (χ0n) is 15.8. The number of aromatic nitrogens is 1. The molecule has 0 radical (unpaired) electrons. The molecule has 0 aliphatic rings. The van der Waals surface area contributed by atoms with Gasteiger partial charge in [-0.3, -0.25) is 4.79 Å². The van der Waals surface area contributed by atoms with Gasteiger partial charge in [-0.15, -0.1) is 11.8 Å². The number of hydrogen-bond acceptors (Lipinski definition) is 4. The van der Waals surface area contributed by atoms with Gasteiger partial charge in [0.1, 0.15) is 0 Å². The van der Waals surface area contributed by atoms with E-state index in [0.717, 1.165) is 23.7 Å². The molecule has 0 saturated heterocycles. The SMILES string of the molecule is CCn1c(C)cc(C(=O)OCC(=O)NCCSc2ccc(C)cc2)c1C. The molecule has 0 fully saturated rings. The van der Waals surface area contributed by atoms with Crippen LogP contribution in [0, 0.1) is 20.8 Å². The minimum Gasteiger partial charge on any atom is -0.452 e. The Labute approximate surface area is 159 Å². The van der Waals surface area contributed by atoms with Gasteiger partial charge in [-0.2, -0.15) is 0 Å². The fraction of sp³-hybridized carbons (Fsp3) is 0.400. The molecule has 0 bridgehead atoms. The van der Waals surface area contributed by atoms with E-state index in [1.165, 1.54) is 10.5 Å². The minimum atomic E-state index is -0.456. The van der Waals surface area contributed by atoms with Crippen LogP contribution in [0.4, 0.5) is 0 Å². The maximum atomic E-state index is 12.2. The lowest BCUT2D eigenvalue weighted by Crippen LogP contribution is -2.30. The largest absolute Gasteiger partial charge is 0.452 e. The van der Waals surface area contributed by atoms with Crippen LogP contribution < -0.4 is 5.32 Å². The van der Waals surface area contributed by atoms with E-state index in [1.54, 1.807) is 17.8 Å². The lowest BCUT2D eigenvalue weighted by molar-refractivity contribution is -0.124. The Hall–Kier alpha value is -2.21. The van der Waals surface area contributed by atoms with E-state index in [2.05, 4.69) is 36.5 Å². The maximum Gasteiger partial charge on any atom is 0.340 e. The van der Waals surface area contributed by atoms with E-state index in [4.69, 9.17) is 4.74 Å². The second-order valence-electron chi connectivity index (χ2n) is 6.12. The van der Waals surface area contributed by atoms with Crippen LogP contribution in [0.1, 0.15) is 34.2 Å². The lowest BCUT2D eigenvalue weighted by atomic mass is 10.2. The van der Waals surface area contributed by atoms with Gasteiger partial charge in [0.15, 0.2) is 6.61 Å². The molecule has 26 heavy (non-hydrogen) atoms. The first-order valence-electron chi connectivity index (χ1n) is 8.72. The number of nitrogens with zero attached hydrogens (tertiary/aromatic N) is 1. The molecule has 0 atom stereocenters. The molecule has 2 aromatic rings. The van der Waals surface area contributed by atoms with Gasteiger partial charge >= 0.3 is 5.97 Å². The number of esters is 1. The fourth-order valence-corrected chi connectivity index (χ4v) is 3.52. The molecule has 2 rings (SSSR count). The molecule has 1 N–H and O–H groups in total. The number of benzene rings is 1. The number of hydrogen-bond donors (Lipinski definition) is 1. The van der Waals surface area contributed by atoms with Gasteiger partial charge in [-0.05, 0) is 45.9 Å². The first-order valence-corrected chi connectivity index (χ1v) is 9.71. The first-order chi connectivity index (χ1) is 12.4. The van der Waals surface area contributed by atoms with Crippen molar-refractivity contribution in [1.29, 1.82) is 0 Å². The van der Waals surface area contributed by atoms with Crippen molar-refractivity contribution >= 4 is 23.6 Å². The summed E-state index contributed by atoms with van der Waals surface area (Å²) in [6.07, 6.45) is 0. The Morgan fingerprint density at radius 2 is 1.85 bits per heavy atom. The average Bonchev–Trinajstić information content (AvgIpc) is 2.92. The van der Waals surface area contributed by atoms with Crippen LogP contribution in [-0.2, 0) is 16.1 Å². The number of nitrogens with one attached hydrogen (secondary N) is 1. The molecule has 1 heterocycles. The van der Waals surface area contributed by atoms with Gasteiger partial charge in [0, 0.05) is 35.1 Å². The van der Waals surface area contributed by atoms with Crippen LogP contribution in [0.25, 0.3) is 0 Å². The van der Waals surface area contributed by atoms with Crippen LogP contribution in [0.5, 0.6) is 0 Å². The predicted octanol–water partition coefficient (Wildman–Crippen LogP) is 3.50. The molecular formula is C20H26N2O3S. The lowest BCUT2D eigenvalue weighted by Gasteiger charge is -2.08. The van der Waals surface area contributed by atoms with Gasteiger partial charge < -0.3 is 14.6 Å². The molecule has 1 aromatic heterocycles. The van der Waals surface area contributed by atoms with E-state index in [9.17, 15) is 9.59 Å². The topological polar surface area (TPSA) is 60.3 Å². The molecule has 140 valence electrons. The Balaban J connectivity index is 1.71. The number of rotatable bonds is 8. The summed E-state index contributed by atoms with van der Waals surface area (Å²) in [6.45, 7) is 8.97. The molecule has 1 amide bonds. The summed E-state index contributed by atoms with van der Waals surface area (Å²) in [7, 11) is 0. The summed E-state index contributed by atoms with van der Waals surface area (Å²) < 4.78 is 7.18. The summed E-state index contributed by atoms with van der Waals surface area (Å²) in [5.74, 6) is 0.0227. The molecule has 5 nitrogen and oxygen atoms in total. The summed E-state index contributed by atoms with van der Waals surface area (Å²) in [4.78, 5) is 25.2. The highest BCUT2D eigenvalue weighted by atomic mass is 32.2. The van der Waals surface area contributed by atoms with E-state index in [0.29, 0.717) is 12.1 Å². The summed E-state index contributed by atoms with van der Waals surface area (Å²) >= 11 is 1.68. The number of thioether (sulfide) groups is 1. The zero-order chi connectivity index (χ0) is 19.1. The fourth-order valence-electron chi connectivity index (χ4n) is 2.75. The van der Waals surface area contributed by atoms with Crippen molar-refractivity contribution < 1.29 is 14.3 Å². The van der Waals surface area contributed by atoms with Crippen molar-refractivity contribution in [2.24, 2.45) is 0 Å². The third-order valence-corrected chi connectivity index (χ3v) is 5.17. The molecule has 0 aliphatic carbocycles. The van der Waals surface area contributed by atoms with Crippen LogP contribution >= 0.6 is 11.8 Å². The standard InChI is InChI=1S/C20H26N2O3S/c1-5-22-15(3)12-18(16(22)4)20(24)25-13-19(23)21-10-11-26-17-8-6-14(2)7-9-17/h6-9,12H,5,10-11,13H2,1-4H3,(H,21,23). The number of aryl methyl sites for hydroxylation is 2. The second-order valence-corrected chi connectivity index (χ2v) is 7.28. The average molecular weight is 375 g/mol. The Morgan fingerprint density at radius 1 is 1.15 bits per heavy atom. The molecule has 0 aliphatic heterocycles. The quantitative estimate of drug-likeness (QED) is 0.436. The molecule has 0 saturated carbocycles. The van der Waals surface area contributed by atoms with E-state index >= 15 is 0 Å². The molecule has 6 heteroatoms. The third-order valence-electron chi connectivity index (χ3n) is 4.16. The van der Waals surface area contributed by atoms with Crippen molar-refractivity contribution in [3.63, 3.8) is 0 Å². The number of amides is 1. The Bertz CT molecular complexity index is 766. The molecule has 0 spiro atoms. The van der Waals surface area contributed by atoms with Crippen LogP contribution in [-0.4, -0.2) is 35.3 Å². The van der Waals surface area contributed by atoms with E-state index < -0.39 is 5.97 Å². The minimum absolute atomic E-state index is 0.260. The van der Waals surface area contributed by atoms with Crippen molar-refractivity contribution in [3.8, 4) is 0 Å². The molecule has 0 unspecified atom stereocenters. The smallest absolute Gasteiger partial charge is 0.340 e. The summed E-state index contributed by atoms with van der Waals surface area (Å²) in [6, 6.07) is 10.1. The van der Waals surface area contributed by atoms with Gasteiger partial charge in [-0.25, -0.2) is 4.79 Å². The van der Waals surface area contributed by atoms with E-state index in [1.807, 2.05) is 25.3 Å². The van der Waals surface area contributed by atoms with Crippen LogP contribution in [0.3, 0.4) is 0 Å². The van der Waals surface area contributed by atoms with Crippen LogP contribution in [0.15, 0.2) is 35.2 Å². The van der Waals surface area contributed by atoms with Crippen molar-refractivity contribution in [3.05, 3.63) is 52.8 Å². The third kappa shape index (κ3) is 5.39. The Morgan fingerprint density at radius 3 is 2.46 bits per heavy atom. The van der Waals surface area contributed by atoms with Gasteiger partial charge in [-0.1, -0.05) is 17.7 Å². The van der Waals surface area contributed by atoms with Crippen molar-refractivity contribution in [2.75, 3.05) is 18.9 Å². The molecular weight excluding hydrogens is 348 g/mol. The van der Waals surface area contributed by atoms with Gasteiger partial charge in [0.05, 0.1) is 5.56 Å². The summed E-state index contributed by atoms with van der Waals surface area (Å²) in [5, 5.41) is 2.77. The number of carbonyl (C=O) groups excluding carboxylic acids is 2.